The van der Waals surface area contributed by atoms with Crippen molar-refractivity contribution in [1.29, 1.82) is 0 Å². The van der Waals surface area contributed by atoms with Crippen molar-refractivity contribution in [3.05, 3.63) is 36.4 Å². The van der Waals surface area contributed by atoms with E-state index in [-0.39, 0.29) is 73.5 Å². The average Bonchev–Trinajstić information content (AvgIpc) is 4.12. The topological polar surface area (TPSA) is 217 Å². The molecular weight excluding hydrogens is 813 g/mol. The number of rotatable bonds is 4. The lowest BCUT2D eigenvalue weighted by Gasteiger charge is -2.34. The predicted octanol–water partition coefficient (Wildman–Crippen LogP) is 2.80. The molecule has 6 heterocycles. The summed E-state index contributed by atoms with van der Waals surface area (Å²) in [5.74, 6) is -2.32. The molecule has 0 unspecified atom stereocenters. The Kier molecular flexibility index (Phi) is 16.3. The van der Waals surface area contributed by atoms with Gasteiger partial charge in [0.1, 0.15) is 24.2 Å². The minimum absolute atomic E-state index is 0.0241. The highest BCUT2D eigenvalue weighted by Gasteiger charge is 2.46. The number of nitrogens with one attached hydrogen (secondary N) is 2. The second-order valence-corrected chi connectivity index (χ2v) is 18.2. The molecule has 4 fully saturated rings. The van der Waals surface area contributed by atoms with E-state index in [1.54, 1.807) is 17.6 Å². The maximum atomic E-state index is 13.7. The van der Waals surface area contributed by atoms with Gasteiger partial charge in [-0.1, -0.05) is 38.5 Å². The molecule has 2 aliphatic carbocycles. The van der Waals surface area contributed by atoms with Crippen LogP contribution in [0.1, 0.15) is 114 Å². The van der Waals surface area contributed by atoms with Gasteiger partial charge in [-0.05, 0) is 63.2 Å². The highest BCUT2D eigenvalue weighted by atomic mass is 16.5. The largest absolute Gasteiger partial charge is 0.480 e. The molecule has 2 aromatic heterocycles. The summed E-state index contributed by atoms with van der Waals surface area (Å²) in [6, 6.07) is -2.94. The van der Waals surface area contributed by atoms with Gasteiger partial charge < -0.3 is 48.9 Å². The zero-order chi connectivity index (χ0) is 44.3. The highest BCUT2D eigenvalue weighted by Crippen LogP contribution is 2.32. The Labute approximate surface area is 369 Å². The maximum Gasteiger partial charge on any atom is 0.328 e. The van der Waals surface area contributed by atoms with E-state index in [1.807, 2.05) is 21.5 Å². The minimum atomic E-state index is -1.02. The van der Waals surface area contributed by atoms with Crippen LogP contribution < -0.4 is 10.6 Å². The zero-order valence-electron chi connectivity index (χ0n) is 36.7. The van der Waals surface area contributed by atoms with Gasteiger partial charge in [0.25, 0.3) is 0 Å². The number of carboxylic acid groups (broad SMARTS) is 1. The van der Waals surface area contributed by atoms with Gasteiger partial charge in [-0.3, -0.25) is 19.2 Å². The molecule has 63 heavy (non-hydrogen) atoms. The van der Waals surface area contributed by atoms with Crippen LogP contribution in [-0.2, 0) is 68.9 Å². The van der Waals surface area contributed by atoms with Crippen molar-refractivity contribution in [3.8, 4) is 0 Å². The highest BCUT2D eigenvalue weighted by molar-refractivity contribution is 5.93. The molecule has 0 spiro atoms. The molecule has 18 heteroatoms. The van der Waals surface area contributed by atoms with Crippen LogP contribution in [0.25, 0.3) is 0 Å². The molecule has 0 radical (unpaired) electrons. The molecule has 4 amide bonds. The van der Waals surface area contributed by atoms with Gasteiger partial charge in [-0.25, -0.2) is 19.6 Å². The molecule has 3 N–H and O–H groups in total. The molecule has 18 nitrogen and oxygen atoms in total. The van der Waals surface area contributed by atoms with Gasteiger partial charge in [-0.2, -0.15) is 0 Å². The number of imidazole rings is 2. The maximum absolute atomic E-state index is 13.7. The Bertz CT molecular complexity index is 1890. The van der Waals surface area contributed by atoms with E-state index in [9.17, 15) is 33.9 Å². The van der Waals surface area contributed by atoms with Gasteiger partial charge in [0.2, 0.25) is 23.6 Å². The van der Waals surface area contributed by atoms with Crippen LogP contribution in [-0.4, -0.2) is 139 Å². The molecule has 8 rings (SSSR count). The second-order valence-electron chi connectivity index (χ2n) is 18.2. The number of carboxylic acids is 1. The number of hydrogen-bond donors (Lipinski definition) is 3. The number of aromatic nitrogens is 4. The van der Waals surface area contributed by atoms with Gasteiger partial charge in [0, 0.05) is 64.6 Å². The first-order valence-corrected chi connectivity index (χ1v) is 23.3. The van der Waals surface area contributed by atoms with Crippen LogP contribution in [0.3, 0.4) is 0 Å². The van der Waals surface area contributed by atoms with Crippen molar-refractivity contribution in [1.82, 2.24) is 39.5 Å². The number of nitrogens with zero attached hydrogens (tertiary/aromatic N) is 6. The first kappa shape index (κ1) is 46.2. The first-order valence-electron chi connectivity index (χ1n) is 23.3. The number of methoxy groups -OCH3 is 1. The third-order valence-corrected chi connectivity index (χ3v) is 13.6. The van der Waals surface area contributed by atoms with Gasteiger partial charge in [-0.15, -0.1) is 0 Å². The number of carbonyl (C=O) groups is 6. The minimum Gasteiger partial charge on any atom is -0.480 e. The van der Waals surface area contributed by atoms with E-state index in [0.717, 1.165) is 103 Å². The van der Waals surface area contributed by atoms with E-state index in [1.165, 1.54) is 12.0 Å². The number of esters is 1. The smallest absolute Gasteiger partial charge is 0.328 e. The van der Waals surface area contributed by atoms with E-state index in [2.05, 4.69) is 20.6 Å². The standard InChI is InChI=1S/C23H34N4O5.C22H32N4O5/c1-31-23(30)19-12-18-14-27(19)22(29)21(16-7-3-2-4-8-16)25-20(28)11-17-13-26(15-24-17)9-5-6-10-32-18;27-19-10-16-12-25(14-23-16)8-4-5-9-31-17-11-18(22(29)30)26(13-17)21(28)20(24-19)15-6-2-1-3-7-15/h13,15-16,18-19,21H,2-12,14H2,1H3,(H,25,28);12,14-15,17-18,20H,1-11,13H2,(H,24,27)(H,29,30)/t18-,19+,21+;17-,18+,20+/m11/s1. The van der Waals surface area contributed by atoms with Crippen molar-refractivity contribution in [2.24, 2.45) is 11.8 Å². The van der Waals surface area contributed by atoms with E-state index in [4.69, 9.17) is 14.2 Å². The van der Waals surface area contributed by atoms with Crippen LogP contribution in [0.4, 0.5) is 0 Å². The van der Waals surface area contributed by atoms with E-state index >= 15 is 0 Å². The number of fused-ring (bicyclic) bond motifs is 8. The number of amides is 4. The van der Waals surface area contributed by atoms with Crippen molar-refractivity contribution in [2.45, 2.75) is 165 Å². The summed E-state index contributed by atoms with van der Waals surface area (Å²) in [7, 11) is 1.34. The summed E-state index contributed by atoms with van der Waals surface area (Å²) in [6.45, 7) is 3.31. The third kappa shape index (κ3) is 12.2. The molecule has 8 bridgehead atoms. The molecule has 4 aliphatic heterocycles. The number of carbonyl (C=O) groups excluding carboxylic acids is 5. The van der Waals surface area contributed by atoms with Gasteiger partial charge >= 0.3 is 11.9 Å². The van der Waals surface area contributed by atoms with Crippen LogP contribution in [0.5, 0.6) is 0 Å². The lowest BCUT2D eigenvalue weighted by Crippen LogP contribution is -2.55. The molecule has 346 valence electrons. The van der Waals surface area contributed by atoms with Crippen molar-refractivity contribution >= 4 is 35.6 Å². The summed E-state index contributed by atoms with van der Waals surface area (Å²) in [4.78, 5) is 89.1. The fraction of sp³-hybridized carbons (Fsp3) is 0.733. The second kappa shape index (κ2) is 22.2. The van der Waals surface area contributed by atoms with Gasteiger partial charge in [0.05, 0.1) is 56.2 Å². The Balaban J connectivity index is 0.000000189. The van der Waals surface area contributed by atoms with Crippen LogP contribution in [0.2, 0.25) is 0 Å². The van der Waals surface area contributed by atoms with Crippen molar-refractivity contribution < 1.29 is 48.1 Å². The summed E-state index contributed by atoms with van der Waals surface area (Å²) in [5.41, 5.74) is 1.36. The molecule has 2 saturated carbocycles. The van der Waals surface area contributed by atoms with E-state index < -0.39 is 36.1 Å². The Morgan fingerprint density at radius 2 is 1.10 bits per heavy atom. The van der Waals surface area contributed by atoms with Crippen LogP contribution in [0.15, 0.2) is 25.0 Å². The monoisotopic (exact) mass is 878 g/mol. The zero-order valence-corrected chi connectivity index (χ0v) is 36.7. The SMILES string of the molecule is COC(=O)[C@@H]1C[C@@H]2CN1C(=O)[C@H](C1CCCCC1)NC(=O)Cc1cn(cn1)CCCCO2.O=C1Cc2cn(cn2)CCCCO[C@@H]2C[C@@H](C(=O)O)N(C2)C(=O)[C@H](C2CCCCC2)N1. The molecule has 6 atom stereocenters. The summed E-state index contributed by atoms with van der Waals surface area (Å²) >= 11 is 0. The number of aryl methyl sites for hydroxylation is 2. The van der Waals surface area contributed by atoms with E-state index in [0.29, 0.717) is 37.6 Å². The molecule has 2 aromatic rings. The Morgan fingerprint density at radius 1 is 0.651 bits per heavy atom. The van der Waals surface area contributed by atoms with Crippen molar-refractivity contribution in [2.75, 3.05) is 33.4 Å². The van der Waals surface area contributed by atoms with Crippen LogP contribution >= 0.6 is 0 Å². The third-order valence-electron chi connectivity index (χ3n) is 13.6. The average molecular weight is 879 g/mol. The molecule has 0 aromatic carbocycles. The summed E-state index contributed by atoms with van der Waals surface area (Å²) < 4.78 is 20.9. The number of hydrogen-bond acceptors (Lipinski definition) is 11. The lowest BCUT2D eigenvalue weighted by molar-refractivity contribution is -0.152. The summed E-state index contributed by atoms with van der Waals surface area (Å²) in [5, 5.41) is 15.7. The van der Waals surface area contributed by atoms with Gasteiger partial charge in [0.15, 0.2) is 0 Å². The normalized spacial score (nSPS) is 28.7. The fourth-order valence-electron chi connectivity index (χ4n) is 10.3. The first-order chi connectivity index (χ1) is 30.6. The predicted molar refractivity (Wildman–Crippen MR) is 227 cm³/mol. The number of aliphatic carboxylic acids is 1. The Morgan fingerprint density at radius 3 is 1.54 bits per heavy atom. The number of ether oxygens (including phenoxy) is 3. The van der Waals surface area contributed by atoms with Crippen molar-refractivity contribution in [3.63, 3.8) is 0 Å². The fourth-order valence-corrected chi connectivity index (χ4v) is 10.3. The molecule has 6 aliphatic rings. The Hall–Kier alpha value is -4.84. The lowest BCUT2D eigenvalue weighted by atomic mass is 9.83. The quantitative estimate of drug-likeness (QED) is 0.378. The molecule has 2 saturated heterocycles. The van der Waals surface area contributed by atoms with Crippen LogP contribution in [0, 0.1) is 11.8 Å². The summed E-state index contributed by atoms with van der Waals surface area (Å²) in [6.07, 6.45) is 21.1. The molecular formula is C45H66N8O10.